The topological polar surface area (TPSA) is 122 Å². The van der Waals surface area contributed by atoms with Crippen molar-refractivity contribution in [3.8, 4) is 0 Å². The number of halogens is 1. The van der Waals surface area contributed by atoms with Gasteiger partial charge in [-0.05, 0) is 31.0 Å². The second-order valence-corrected chi connectivity index (χ2v) is 6.97. The lowest BCUT2D eigenvalue weighted by atomic mass is 10.0. The van der Waals surface area contributed by atoms with Crippen molar-refractivity contribution in [3.63, 3.8) is 0 Å². The number of hydrogen-bond acceptors (Lipinski definition) is 8. The number of hydrogen-bond donors (Lipinski definition) is 3. The van der Waals surface area contributed by atoms with Gasteiger partial charge in [0.05, 0.1) is 12.2 Å². The highest BCUT2D eigenvalue weighted by molar-refractivity contribution is 5.85. The molecular formula is C20H21FN8O. The zero-order valence-corrected chi connectivity index (χ0v) is 16.3. The molecule has 1 amide bonds. The Hall–Kier alpha value is -3.82. The summed E-state index contributed by atoms with van der Waals surface area (Å²) >= 11 is 0. The lowest BCUT2D eigenvalue weighted by Gasteiger charge is -2.39. The zero-order valence-electron chi connectivity index (χ0n) is 16.3. The van der Waals surface area contributed by atoms with Crippen LogP contribution in [0.25, 0.3) is 0 Å². The number of nitrogens with one attached hydrogen (secondary N) is 2. The Morgan fingerprint density at radius 2 is 2.03 bits per heavy atom. The molecule has 1 unspecified atom stereocenters. The molecule has 1 saturated heterocycles. The summed E-state index contributed by atoms with van der Waals surface area (Å²) in [7, 11) is 0. The summed E-state index contributed by atoms with van der Waals surface area (Å²) < 4.78 is 13.2. The molecule has 3 heterocycles. The number of nitrogens with zero attached hydrogens (tertiary/aromatic N) is 5. The van der Waals surface area contributed by atoms with E-state index < -0.39 is 11.9 Å². The predicted molar refractivity (Wildman–Crippen MR) is 111 cm³/mol. The lowest BCUT2D eigenvalue weighted by molar-refractivity contribution is -0.120. The highest BCUT2D eigenvalue weighted by Crippen LogP contribution is 2.29. The molecule has 0 saturated carbocycles. The van der Waals surface area contributed by atoms with Crippen molar-refractivity contribution in [1.82, 2.24) is 19.9 Å². The van der Waals surface area contributed by atoms with Gasteiger partial charge in [-0.1, -0.05) is 12.1 Å². The third-order valence-corrected chi connectivity index (χ3v) is 4.89. The van der Waals surface area contributed by atoms with Gasteiger partial charge in [-0.2, -0.15) is 9.97 Å². The van der Waals surface area contributed by atoms with Crippen LogP contribution >= 0.6 is 0 Å². The molecule has 4 rings (SSSR count). The first-order chi connectivity index (χ1) is 14.5. The summed E-state index contributed by atoms with van der Waals surface area (Å²) in [4.78, 5) is 30.8. The molecule has 4 N–H and O–H groups in total. The number of nitrogens with two attached hydrogens (primary N) is 1. The van der Waals surface area contributed by atoms with Gasteiger partial charge in [0.15, 0.2) is 0 Å². The van der Waals surface area contributed by atoms with Crippen molar-refractivity contribution < 1.29 is 9.18 Å². The highest BCUT2D eigenvalue weighted by Gasteiger charge is 2.34. The van der Waals surface area contributed by atoms with E-state index in [0.29, 0.717) is 36.4 Å². The third kappa shape index (κ3) is 4.27. The van der Waals surface area contributed by atoms with Gasteiger partial charge in [0.2, 0.25) is 11.9 Å². The fraction of sp³-hybridized carbons (Fsp3) is 0.250. The molecule has 3 aromatic rings. The van der Waals surface area contributed by atoms with Crippen LogP contribution in [0.15, 0.2) is 48.9 Å². The Labute approximate surface area is 172 Å². The van der Waals surface area contributed by atoms with Crippen molar-refractivity contribution in [1.29, 1.82) is 0 Å². The summed E-state index contributed by atoms with van der Waals surface area (Å²) in [5.41, 5.74) is 6.37. The number of carbonyl (C=O) groups is 1. The van der Waals surface area contributed by atoms with Crippen LogP contribution in [0.5, 0.6) is 0 Å². The normalized spacial score (nSPS) is 16.5. The fourth-order valence-corrected chi connectivity index (χ4v) is 3.19. The number of benzene rings is 1. The number of amides is 1. The molecule has 0 aliphatic carbocycles. The monoisotopic (exact) mass is 408 g/mol. The van der Waals surface area contributed by atoms with E-state index in [0.717, 1.165) is 5.56 Å². The van der Waals surface area contributed by atoms with Crippen molar-refractivity contribution in [2.45, 2.75) is 25.4 Å². The van der Waals surface area contributed by atoms with Crippen molar-refractivity contribution in [3.05, 3.63) is 60.3 Å². The van der Waals surface area contributed by atoms with E-state index in [1.54, 1.807) is 36.8 Å². The number of anilines is 4. The van der Waals surface area contributed by atoms with E-state index in [-0.39, 0.29) is 11.9 Å². The molecule has 0 radical (unpaired) electrons. The molecule has 9 nitrogen and oxygen atoms in total. The third-order valence-electron chi connectivity index (χ3n) is 4.89. The Bertz CT molecular complexity index is 1030. The van der Waals surface area contributed by atoms with Gasteiger partial charge < -0.3 is 21.3 Å². The van der Waals surface area contributed by atoms with Crippen LogP contribution in [0.4, 0.5) is 27.8 Å². The number of carbonyl (C=O) groups excluding carboxylic acids is 1. The molecule has 10 heteroatoms. The second kappa shape index (κ2) is 8.27. The molecule has 0 bridgehead atoms. The summed E-state index contributed by atoms with van der Waals surface area (Å²) in [6.07, 6.45) is 5.40. The predicted octanol–water partition coefficient (Wildman–Crippen LogP) is 2.39. The first-order valence-corrected chi connectivity index (χ1v) is 9.49. The fourth-order valence-electron chi connectivity index (χ4n) is 3.19. The Morgan fingerprint density at radius 1 is 1.23 bits per heavy atom. The maximum absolute atomic E-state index is 13.2. The minimum Gasteiger partial charge on any atom is -0.368 e. The summed E-state index contributed by atoms with van der Waals surface area (Å²) in [6.45, 7) is 2.59. The molecular weight excluding hydrogens is 387 g/mol. The molecule has 1 aromatic carbocycles. The van der Waals surface area contributed by atoms with Crippen LogP contribution in [-0.4, -0.2) is 38.4 Å². The quantitative estimate of drug-likeness (QED) is 0.545. The van der Waals surface area contributed by atoms with E-state index in [1.165, 1.54) is 12.1 Å². The molecule has 0 spiro atoms. The Kier molecular flexibility index (Phi) is 5.38. The minimum absolute atomic E-state index is 0.173. The van der Waals surface area contributed by atoms with E-state index >= 15 is 0 Å². The van der Waals surface area contributed by atoms with Gasteiger partial charge >= 0.3 is 0 Å². The first-order valence-electron chi connectivity index (χ1n) is 9.49. The average molecular weight is 408 g/mol. The zero-order chi connectivity index (χ0) is 21.1. The maximum Gasteiger partial charge on any atom is 0.240 e. The molecule has 1 aliphatic heterocycles. The smallest absolute Gasteiger partial charge is 0.240 e. The van der Waals surface area contributed by atoms with Crippen LogP contribution in [0.2, 0.25) is 0 Å². The Morgan fingerprint density at radius 3 is 2.67 bits per heavy atom. The van der Waals surface area contributed by atoms with Crippen LogP contribution in [0.1, 0.15) is 24.9 Å². The Balaban J connectivity index is 1.62. The van der Waals surface area contributed by atoms with Crippen LogP contribution in [-0.2, 0) is 4.79 Å². The molecule has 154 valence electrons. The van der Waals surface area contributed by atoms with Crippen LogP contribution in [0, 0.1) is 5.82 Å². The van der Waals surface area contributed by atoms with Gasteiger partial charge in [-0.25, -0.2) is 9.37 Å². The lowest BCUT2D eigenvalue weighted by Crippen LogP contribution is -2.55. The number of aromatic nitrogens is 4. The largest absolute Gasteiger partial charge is 0.368 e. The standard InChI is InChI=1S/C20H21FN8O/c1-12(13-2-4-14(21)5-3-13)25-20-27-16(26-17-11-23-7-8-24-17)10-18(28-20)29-9-6-15(29)19(22)30/h2-5,7-8,10-12,15H,6,9H2,1H3,(H2,22,30)(H2,24,25,26,27,28)/t12-,15?/m0/s1. The summed E-state index contributed by atoms with van der Waals surface area (Å²) in [5, 5.41) is 6.32. The van der Waals surface area contributed by atoms with Crippen LogP contribution in [0.3, 0.4) is 0 Å². The van der Waals surface area contributed by atoms with E-state index in [4.69, 9.17) is 5.73 Å². The molecule has 1 fully saturated rings. The maximum atomic E-state index is 13.2. The van der Waals surface area contributed by atoms with Crippen molar-refractivity contribution >= 4 is 29.3 Å². The summed E-state index contributed by atoms with van der Waals surface area (Å²) in [6, 6.07) is 7.38. The van der Waals surface area contributed by atoms with E-state index in [2.05, 4.69) is 30.6 Å². The van der Waals surface area contributed by atoms with E-state index in [9.17, 15) is 9.18 Å². The molecule has 1 aliphatic rings. The number of primary amides is 1. The molecule has 2 aromatic heterocycles. The van der Waals surface area contributed by atoms with Crippen molar-refractivity contribution in [2.24, 2.45) is 5.73 Å². The van der Waals surface area contributed by atoms with Gasteiger partial charge in [-0.3, -0.25) is 9.78 Å². The highest BCUT2D eigenvalue weighted by atomic mass is 19.1. The summed E-state index contributed by atoms with van der Waals surface area (Å²) in [5.74, 6) is 1.25. The van der Waals surface area contributed by atoms with E-state index in [1.807, 2.05) is 11.8 Å². The second-order valence-electron chi connectivity index (χ2n) is 6.97. The SMILES string of the molecule is C[C@H](Nc1nc(Nc2cnccn2)cc(N2CCC2C(N)=O)n1)c1ccc(F)cc1. The van der Waals surface area contributed by atoms with Gasteiger partial charge in [0, 0.05) is 25.0 Å². The van der Waals surface area contributed by atoms with Gasteiger partial charge in [0.1, 0.15) is 29.3 Å². The van der Waals surface area contributed by atoms with Crippen molar-refractivity contribution in [2.75, 3.05) is 22.1 Å². The average Bonchev–Trinajstić information content (AvgIpc) is 2.68. The van der Waals surface area contributed by atoms with Gasteiger partial charge in [0.25, 0.3) is 0 Å². The molecule has 2 atom stereocenters. The van der Waals surface area contributed by atoms with Gasteiger partial charge in [-0.15, -0.1) is 0 Å². The number of rotatable bonds is 7. The minimum atomic E-state index is -0.397. The van der Waals surface area contributed by atoms with Crippen LogP contribution < -0.4 is 21.3 Å². The molecule has 30 heavy (non-hydrogen) atoms. The first kappa shape index (κ1) is 19.5.